The van der Waals surface area contributed by atoms with Crippen LogP contribution in [0.4, 0.5) is 29.5 Å². The molecule has 1 amide bonds. The fourth-order valence-corrected chi connectivity index (χ4v) is 4.12. The van der Waals surface area contributed by atoms with E-state index in [1.54, 1.807) is 19.9 Å². The van der Waals surface area contributed by atoms with Crippen molar-refractivity contribution in [2.45, 2.75) is 45.9 Å². The summed E-state index contributed by atoms with van der Waals surface area (Å²) >= 11 is 0. The number of carbonyl (C=O) groups is 1. The van der Waals surface area contributed by atoms with Crippen LogP contribution in [0.5, 0.6) is 5.75 Å². The van der Waals surface area contributed by atoms with Crippen LogP contribution in [0.2, 0.25) is 0 Å². The minimum Gasteiger partial charge on any atom is -0.406 e. The Morgan fingerprint density at radius 1 is 1.06 bits per heavy atom. The first-order valence-corrected chi connectivity index (χ1v) is 10.8. The molecule has 2 aromatic heterocycles. The van der Waals surface area contributed by atoms with Crippen molar-refractivity contribution in [3.8, 4) is 11.4 Å². The predicted octanol–water partition coefficient (Wildman–Crippen LogP) is 3.46. The van der Waals surface area contributed by atoms with E-state index in [1.807, 2.05) is 0 Å². The molecule has 1 aliphatic rings. The Morgan fingerprint density at radius 3 is 2.29 bits per heavy atom. The number of aromatic nitrogens is 3. The molecule has 0 saturated carbocycles. The van der Waals surface area contributed by atoms with Gasteiger partial charge in [0.15, 0.2) is 5.82 Å². The number of primary amides is 1. The van der Waals surface area contributed by atoms with Crippen molar-refractivity contribution >= 4 is 17.5 Å². The Labute approximate surface area is 196 Å². The normalized spacial score (nSPS) is 13.3. The molecule has 2 heterocycles. The van der Waals surface area contributed by atoms with Crippen molar-refractivity contribution in [3.63, 3.8) is 0 Å². The number of rotatable bonds is 4. The maximum absolute atomic E-state index is 13.2. The van der Waals surface area contributed by atoms with E-state index >= 15 is 0 Å². The number of pyridine rings is 1. The molecular formula is C23H22F3N5O4. The Morgan fingerprint density at radius 2 is 1.69 bits per heavy atom. The van der Waals surface area contributed by atoms with Crippen molar-refractivity contribution in [2.24, 2.45) is 5.73 Å². The molecule has 0 fully saturated rings. The van der Waals surface area contributed by atoms with Gasteiger partial charge in [-0.3, -0.25) is 9.59 Å². The molecule has 3 N–H and O–H groups in total. The van der Waals surface area contributed by atoms with Crippen LogP contribution in [0, 0.1) is 13.8 Å². The molecule has 3 aromatic rings. The van der Waals surface area contributed by atoms with Gasteiger partial charge in [-0.1, -0.05) is 0 Å². The molecule has 0 atom stereocenters. The van der Waals surface area contributed by atoms with Gasteiger partial charge in [-0.15, -0.1) is 18.3 Å². The number of alkyl halides is 3. The van der Waals surface area contributed by atoms with Crippen LogP contribution < -0.4 is 26.9 Å². The van der Waals surface area contributed by atoms with Gasteiger partial charge in [-0.2, -0.15) is 4.68 Å². The number of halogens is 3. The first-order chi connectivity index (χ1) is 16.5. The molecule has 184 valence electrons. The Kier molecular flexibility index (Phi) is 6.14. The third kappa shape index (κ3) is 4.77. The zero-order valence-corrected chi connectivity index (χ0v) is 18.9. The lowest BCUT2D eigenvalue weighted by Gasteiger charge is -2.21. The number of nitrogens with zero attached hydrogens (tertiary/aromatic N) is 3. The molecule has 0 aliphatic heterocycles. The highest BCUT2D eigenvalue weighted by molar-refractivity contribution is 5.77. The van der Waals surface area contributed by atoms with Crippen LogP contribution >= 0.6 is 0 Å². The molecule has 12 heteroatoms. The van der Waals surface area contributed by atoms with E-state index < -0.39 is 29.3 Å². The highest BCUT2D eigenvalue weighted by Gasteiger charge is 2.31. The zero-order chi connectivity index (χ0) is 25.5. The number of nitrogens with two attached hydrogens (primary N) is 1. The Bertz CT molecular complexity index is 1430. The average Bonchev–Trinajstić information content (AvgIpc) is 2.79. The number of carbonyl (C=O) groups excluding carboxylic acids is 1. The molecule has 1 aromatic carbocycles. The van der Waals surface area contributed by atoms with E-state index in [0.29, 0.717) is 35.2 Å². The van der Waals surface area contributed by atoms with Crippen LogP contribution in [0.3, 0.4) is 0 Å². The van der Waals surface area contributed by atoms with Gasteiger partial charge in [0.1, 0.15) is 11.4 Å². The summed E-state index contributed by atoms with van der Waals surface area (Å²) in [6.45, 7) is 3.31. The molecule has 4 rings (SSSR count). The number of ether oxygens (including phenoxy) is 1. The molecule has 0 radical (unpaired) electrons. The van der Waals surface area contributed by atoms with Crippen molar-refractivity contribution in [3.05, 3.63) is 73.4 Å². The fourth-order valence-electron chi connectivity index (χ4n) is 4.12. The minimum absolute atomic E-state index is 0.0475. The molecule has 0 spiro atoms. The smallest absolute Gasteiger partial charge is 0.406 e. The second kappa shape index (κ2) is 8.93. The number of hydrogen-bond donors (Lipinski definition) is 2. The standard InChI is InChI=1S/C23H22F3N5O4/c1-12-11-18(21(33)30(13(12)2)22(27)34)28-19-16-5-3-4-6-17(16)20(32)31(29-19)14-7-9-15(10-8-14)35-23(24,25)26/h7-11H,3-6H2,1-2H3,(H2,27,34)(H,28,29). The van der Waals surface area contributed by atoms with Gasteiger partial charge in [0.25, 0.3) is 11.1 Å². The highest BCUT2D eigenvalue weighted by Crippen LogP contribution is 2.28. The van der Waals surface area contributed by atoms with Gasteiger partial charge < -0.3 is 15.8 Å². The summed E-state index contributed by atoms with van der Waals surface area (Å²) in [6, 6.07) is 5.36. The summed E-state index contributed by atoms with van der Waals surface area (Å²) in [5, 5.41) is 7.35. The number of amides is 1. The highest BCUT2D eigenvalue weighted by atomic mass is 19.4. The molecular weight excluding hydrogens is 467 g/mol. The Balaban J connectivity index is 1.83. The van der Waals surface area contributed by atoms with Crippen LogP contribution in [0.15, 0.2) is 39.9 Å². The molecule has 0 unspecified atom stereocenters. The van der Waals surface area contributed by atoms with E-state index in [4.69, 9.17) is 5.73 Å². The molecule has 0 saturated heterocycles. The second-order valence-electron chi connectivity index (χ2n) is 8.20. The van der Waals surface area contributed by atoms with Crippen molar-refractivity contribution in [1.29, 1.82) is 0 Å². The van der Waals surface area contributed by atoms with Gasteiger partial charge in [0, 0.05) is 16.8 Å². The lowest BCUT2D eigenvalue weighted by Crippen LogP contribution is -2.35. The van der Waals surface area contributed by atoms with Crippen molar-refractivity contribution in [2.75, 3.05) is 5.32 Å². The van der Waals surface area contributed by atoms with E-state index in [0.717, 1.165) is 34.2 Å². The summed E-state index contributed by atoms with van der Waals surface area (Å²) in [5.41, 5.74) is 6.77. The number of benzene rings is 1. The topological polar surface area (TPSA) is 121 Å². The molecule has 1 aliphatic carbocycles. The summed E-state index contributed by atoms with van der Waals surface area (Å²) in [7, 11) is 0. The third-order valence-electron chi connectivity index (χ3n) is 5.89. The number of anilines is 2. The van der Waals surface area contributed by atoms with Gasteiger partial charge in [-0.25, -0.2) is 9.36 Å². The number of hydrogen-bond acceptors (Lipinski definition) is 6. The SMILES string of the molecule is Cc1cc(Nc2nn(-c3ccc(OC(F)(F)F)cc3)c(=O)c3c2CCCC3)c(=O)n(C(N)=O)c1C. The fraction of sp³-hybridized carbons (Fsp3) is 0.304. The van der Waals surface area contributed by atoms with Crippen molar-refractivity contribution in [1.82, 2.24) is 14.3 Å². The number of aryl methyl sites for hydroxylation is 1. The van der Waals surface area contributed by atoms with Gasteiger partial charge in [0.2, 0.25) is 0 Å². The first-order valence-electron chi connectivity index (χ1n) is 10.8. The lowest BCUT2D eigenvalue weighted by atomic mass is 9.93. The quantitative estimate of drug-likeness (QED) is 0.579. The van der Waals surface area contributed by atoms with E-state index in [9.17, 15) is 27.6 Å². The largest absolute Gasteiger partial charge is 0.573 e. The summed E-state index contributed by atoms with van der Waals surface area (Å²) < 4.78 is 43.3. The maximum Gasteiger partial charge on any atom is 0.573 e. The lowest BCUT2D eigenvalue weighted by molar-refractivity contribution is -0.274. The maximum atomic E-state index is 13.2. The second-order valence-corrected chi connectivity index (χ2v) is 8.20. The summed E-state index contributed by atoms with van der Waals surface area (Å²) in [6.07, 6.45) is -2.21. The van der Waals surface area contributed by atoms with Crippen LogP contribution in [-0.4, -0.2) is 26.7 Å². The molecule has 9 nitrogen and oxygen atoms in total. The molecule has 0 bridgehead atoms. The van der Waals surface area contributed by atoms with Crippen LogP contribution in [0.25, 0.3) is 5.69 Å². The van der Waals surface area contributed by atoms with Gasteiger partial charge in [0.05, 0.1) is 5.69 Å². The van der Waals surface area contributed by atoms with Crippen LogP contribution in [0.1, 0.15) is 35.2 Å². The van der Waals surface area contributed by atoms with E-state index in [-0.39, 0.29) is 17.2 Å². The number of fused-ring (bicyclic) bond motifs is 1. The first kappa shape index (κ1) is 24.0. The van der Waals surface area contributed by atoms with Gasteiger partial charge >= 0.3 is 12.4 Å². The Hall–Kier alpha value is -4.09. The monoisotopic (exact) mass is 489 g/mol. The van der Waals surface area contributed by atoms with E-state index in [2.05, 4.69) is 15.2 Å². The summed E-state index contributed by atoms with van der Waals surface area (Å²) in [4.78, 5) is 37.9. The van der Waals surface area contributed by atoms with Crippen molar-refractivity contribution < 1.29 is 22.7 Å². The summed E-state index contributed by atoms with van der Waals surface area (Å²) in [5.74, 6) is -0.195. The minimum atomic E-state index is -4.84. The number of nitrogens with one attached hydrogen (secondary N) is 1. The third-order valence-corrected chi connectivity index (χ3v) is 5.89. The molecule has 35 heavy (non-hydrogen) atoms. The van der Waals surface area contributed by atoms with Gasteiger partial charge in [-0.05, 0) is 75.4 Å². The zero-order valence-electron chi connectivity index (χ0n) is 18.9. The van der Waals surface area contributed by atoms with Crippen LogP contribution in [-0.2, 0) is 12.8 Å². The average molecular weight is 489 g/mol. The van der Waals surface area contributed by atoms with E-state index in [1.165, 1.54) is 12.1 Å². The predicted molar refractivity (Wildman–Crippen MR) is 122 cm³/mol.